The number of nitrogen functional groups attached to an aromatic ring is 1. The predicted octanol–water partition coefficient (Wildman–Crippen LogP) is 3.41. The number of nitrogens with zero attached hydrogens (tertiary/aromatic N) is 4. The van der Waals surface area contributed by atoms with E-state index in [4.69, 9.17) is 5.73 Å². The van der Waals surface area contributed by atoms with Crippen molar-refractivity contribution in [2.75, 3.05) is 17.6 Å². The van der Waals surface area contributed by atoms with E-state index in [0.29, 0.717) is 35.9 Å². The number of rotatable bonds is 7. The molecule has 7 heteroatoms. The molecule has 0 radical (unpaired) electrons. The lowest BCUT2D eigenvalue weighted by molar-refractivity contribution is 0.282. The van der Waals surface area contributed by atoms with Crippen LogP contribution in [0.15, 0.2) is 60.7 Å². The Morgan fingerprint density at radius 3 is 2.63 bits per heavy atom. The van der Waals surface area contributed by atoms with Crippen LogP contribution in [-0.4, -0.2) is 26.4 Å². The van der Waals surface area contributed by atoms with E-state index in [1.165, 1.54) is 0 Å². The summed E-state index contributed by atoms with van der Waals surface area (Å²) in [4.78, 5) is 4.62. The molecule has 7 nitrogen and oxygen atoms in total. The Hall–Kier alpha value is -3.89. The predicted molar refractivity (Wildman–Crippen MR) is 117 cm³/mol. The Labute approximate surface area is 174 Å². The maximum absolute atomic E-state index is 9.68. The molecule has 30 heavy (non-hydrogen) atoms. The number of fused-ring (bicyclic) bond motifs is 1. The van der Waals surface area contributed by atoms with E-state index in [1.54, 1.807) is 4.68 Å². The SMILES string of the molecule is N#Cc1c(CCCNc2nc3ccccc3cc2CO)nn(-c2ccccc2)c1N. The molecule has 0 fully saturated rings. The monoisotopic (exact) mass is 398 g/mol. The molecule has 0 saturated carbocycles. The lowest BCUT2D eigenvalue weighted by atomic mass is 10.1. The first-order valence-corrected chi connectivity index (χ1v) is 9.77. The number of anilines is 2. The molecule has 2 aromatic heterocycles. The summed E-state index contributed by atoms with van der Waals surface area (Å²) in [6.07, 6.45) is 1.33. The summed E-state index contributed by atoms with van der Waals surface area (Å²) in [6, 6.07) is 21.5. The van der Waals surface area contributed by atoms with Gasteiger partial charge in [0.1, 0.15) is 23.3 Å². The highest BCUT2D eigenvalue weighted by Crippen LogP contribution is 2.23. The van der Waals surface area contributed by atoms with Gasteiger partial charge in [-0.15, -0.1) is 0 Å². The fourth-order valence-corrected chi connectivity index (χ4v) is 3.44. The lowest BCUT2D eigenvalue weighted by Gasteiger charge is -2.11. The molecule has 0 spiro atoms. The quantitative estimate of drug-likeness (QED) is 0.411. The molecule has 150 valence electrons. The fourth-order valence-electron chi connectivity index (χ4n) is 3.44. The van der Waals surface area contributed by atoms with E-state index < -0.39 is 0 Å². The van der Waals surface area contributed by atoms with Gasteiger partial charge in [0.2, 0.25) is 0 Å². The number of benzene rings is 2. The minimum Gasteiger partial charge on any atom is -0.392 e. The van der Waals surface area contributed by atoms with Crippen LogP contribution in [0.5, 0.6) is 0 Å². The largest absolute Gasteiger partial charge is 0.392 e. The van der Waals surface area contributed by atoms with Crippen LogP contribution in [0.4, 0.5) is 11.6 Å². The molecule has 0 bridgehead atoms. The van der Waals surface area contributed by atoms with Gasteiger partial charge in [-0.05, 0) is 37.1 Å². The van der Waals surface area contributed by atoms with E-state index in [-0.39, 0.29) is 6.61 Å². The number of hydrogen-bond donors (Lipinski definition) is 3. The van der Waals surface area contributed by atoms with E-state index in [2.05, 4.69) is 21.5 Å². The molecular weight excluding hydrogens is 376 g/mol. The van der Waals surface area contributed by atoms with Crippen LogP contribution in [-0.2, 0) is 13.0 Å². The van der Waals surface area contributed by atoms with Crippen molar-refractivity contribution in [2.24, 2.45) is 0 Å². The Morgan fingerprint density at radius 1 is 1.10 bits per heavy atom. The minimum atomic E-state index is -0.0865. The van der Waals surface area contributed by atoms with Crippen LogP contribution in [0.1, 0.15) is 23.2 Å². The molecule has 0 atom stereocenters. The van der Waals surface area contributed by atoms with Gasteiger partial charge in [-0.1, -0.05) is 36.4 Å². The molecule has 2 aromatic carbocycles. The number of nitriles is 1. The van der Waals surface area contributed by atoms with Crippen LogP contribution in [0, 0.1) is 11.3 Å². The van der Waals surface area contributed by atoms with Crippen molar-refractivity contribution in [3.8, 4) is 11.8 Å². The van der Waals surface area contributed by atoms with Crippen molar-refractivity contribution in [2.45, 2.75) is 19.4 Å². The second kappa shape index (κ2) is 8.64. The first-order chi connectivity index (χ1) is 14.7. The number of aliphatic hydroxyl groups is 1. The average molecular weight is 398 g/mol. The first-order valence-electron chi connectivity index (χ1n) is 9.77. The zero-order valence-corrected chi connectivity index (χ0v) is 16.4. The summed E-state index contributed by atoms with van der Waals surface area (Å²) in [6.45, 7) is 0.540. The number of nitrogens with two attached hydrogens (primary N) is 1. The molecular formula is C23H22N6O. The maximum Gasteiger partial charge on any atom is 0.145 e. The van der Waals surface area contributed by atoms with E-state index in [9.17, 15) is 10.4 Å². The standard InChI is InChI=1S/C23H22N6O/c24-14-19-21(28-29(22(19)25)18-8-2-1-3-9-18)11-6-12-26-23-17(15-30)13-16-7-4-5-10-20(16)27-23/h1-5,7-10,13,30H,6,11-12,15,25H2,(H,26,27). The summed E-state index contributed by atoms with van der Waals surface area (Å²) in [7, 11) is 0. The number of hydrogen-bond acceptors (Lipinski definition) is 6. The third-order valence-corrected chi connectivity index (χ3v) is 4.96. The van der Waals surface area contributed by atoms with Crippen LogP contribution in [0.2, 0.25) is 0 Å². The molecule has 2 heterocycles. The van der Waals surface area contributed by atoms with Crippen LogP contribution < -0.4 is 11.1 Å². The highest BCUT2D eigenvalue weighted by Gasteiger charge is 2.16. The van der Waals surface area contributed by atoms with Crippen LogP contribution in [0.3, 0.4) is 0 Å². The highest BCUT2D eigenvalue weighted by atomic mass is 16.3. The van der Waals surface area contributed by atoms with Crippen molar-refractivity contribution in [3.63, 3.8) is 0 Å². The fraction of sp³-hybridized carbons (Fsp3) is 0.174. The Morgan fingerprint density at radius 2 is 1.87 bits per heavy atom. The molecule has 0 aliphatic carbocycles. The van der Waals surface area contributed by atoms with Crippen molar-refractivity contribution in [3.05, 3.63) is 77.5 Å². The highest BCUT2D eigenvalue weighted by molar-refractivity contribution is 5.81. The van der Waals surface area contributed by atoms with E-state index in [1.807, 2.05) is 60.7 Å². The number of aromatic nitrogens is 3. The van der Waals surface area contributed by atoms with Gasteiger partial charge in [0, 0.05) is 17.5 Å². The molecule has 0 saturated heterocycles. The number of pyridine rings is 1. The second-order valence-electron chi connectivity index (χ2n) is 6.94. The Balaban J connectivity index is 1.46. The van der Waals surface area contributed by atoms with Gasteiger partial charge in [0.15, 0.2) is 0 Å². The van der Waals surface area contributed by atoms with E-state index in [0.717, 1.165) is 28.6 Å². The van der Waals surface area contributed by atoms with Gasteiger partial charge >= 0.3 is 0 Å². The van der Waals surface area contributed by atoms with Gasteiger partial charge < -0.3 is 16.2 Å². The molecule has 4 rings (SSSR count). The minimum absolute atomic E-state index is 0.0865. The van der Waals surface area contributed by atoms with Crippen LogP contribution >= 0.6 is 0 Å². The molecule has 4 N–H and O–H groups in total. The van der Waals surface area contributed by atoms with E-state index >= 15 is 0 Å². The Bertz CT molecular complexity index is 1210. The molecule has 0 unspecified atom stereocenters. The van der Waals surface area contributed by atoms with Crippen LogP contribution in [0.25, 0.3) is 16.6 Å². The van der Waals surface area contributed by atoms with Crippen molar-refractivity contribution in [1.29, 1.82) is 5.26 Å². The lowest BCUT2D eigenvalue weighted by Crippen LogP contribution is -2.08. The summed E-state index contributed by atoms with van der Waals surface area (Å²) in [5, 5.41) is 28.1. The first kappa shape index (κ1) is 19.4. The molecule has 4 aromatic rings. The van der Waals surface area contributed by atoms with Crippen molar-refractivity contribution < 1.29 is 5.11 Å². The number of nitrogens with one attached hydrogen (secondary N) is 1. The van der Waals surface area contributed by atoms with Crippen molar-refractivity contribution in [1.82, 2.24) is 14.8 Å². The van der Waals surface area contributed by atoms with Gasteiger partial charge in [0.05, 0.1) is 23.5 Å². The van der Waals surface area contributed by atoms with Gasteiger partial charge in [-0.2, -0.15) is 10.4 Å². The zero-order chi connectivity index (χ0) is 20.9. The summed E-state index contributed by atoms with van der Waals surface area (Å²) >= 11 is 0. The Kier molecular flexibility index (Phi) is 5.59. The second-order valence-corrected chi connectivity index (χ2v) is 6.94. The zero-order valence-electron chi connectivity index (χ0n) is 16.4. The maximum atomic E-state index is 9.68. The van der Waals surface area contributed by atoms with Gasteiger partial charge in [-0.25, -0.2) is 9.67 Å². The summed E-state index contributed by atoms with van der Waals surface area (Å²) in [5.74, 6) is 1.02. The third kappa shape index (κ3) is 3.81. The molecule has 0 aliphatic rings. The number of aliphatic hydroxyl groups excluding tert-OH is 1. The average Bonchev–Trinajstić information content (AvgIpc) is 3.11. The topological polar surface area (TPSA) is 113 Å². The third-order valence-electron chi connectivity index (χ3n) is 4.96. The summed E-state index contributed by atoms with van der Waals surface area (Å²) in [5.41, 5.74) is 9.70. The van der Waals surface area contributed by atoms with Gasteiger partial charge in [0.25, 0.3) is 0 Å². The number of aryl methyl sites for hydroxylation is 1. The smallest absolute Gasteiger partial charge is 0.145 e. The normalized spacial score (nSPS) is 10.8. The van der Waals surface area contributed by atoms with Gasteiger partial charge in [-0.3, -0.25) is 0 Å². The number of para-hydroxylation sites is 2. The molecule has 0 aliphatic heterocycles. The molecule has 0 amide bonds. The summed E-state index contributed by atoms with van der Waals surface area (Å²) < 4.78 is 1.61. The van der Waals surface area contributed by atoms with Crippen molar-refractivity contribution >= 4 is 22.5 Å².